The minimum absolute atomic E-state index is 0.0924. The van der Waals surface area contributed by atoms with Gasteiger partial charge in [0.1, 0.15) is 0 Å². The number of carbonyl (C=O) groups excluding carboxylic acids is 1. The molecule has 3 heteroatoms. The van der Waals surface area contributed by atoms with Crippen LogP contribution in [0.5, 0.6) is 0 Å². The molecular weight excluding hydrogens is 286 g/mol. The van der Waals surface area contributed by atoms with Gasteiger partial charge >= 0.3 is 0 Å². The van der Waals surface area contributed by atoms with Gasteiger partial charge in [-0.25, -0.2) is 0 Å². The van der Waals surface area contributed by atoms with Crippen LogP contribution in [-0.4, -0.2) is 18.6 Å². The van der Waals surface area contributed by atoms with Crippen molar-refractivity contribution in [3.8, 4) is 0 Å². The Balaban J connectivity index is 2.58. The van der Waals surface area contributed by atoms with Crippen molar-refractivity contribution in [1.29, 1.82) is 0 Å². The molecule has 0 radical (unpaired) electrons. The number of amides is 1. The van der Waals surface area contributed by atoms with Crippen molar-refractivity contribution in [1.82, 2.24) is 5.32 Å². The van der Waals surface area contributed by atoms with Crippen molar-refractivity contribution in [2.24, 2.45) is 0 Å². The van der Waals surface area contributed by atoms with Crippen molar-refractivity contribution in [3.63, 3.8) is 0 Å². The van der Waals surface area contributed by atoms with Crippen LogP contribution in [0.3, 0.4) is 0 Å². The molecule has 0 bridgehead atoms. The lowest BCUT2D eigenvalue weighted by Crippen LogP contribution is -2.50. The van der Waals surface area contributed by atoms with E-state index < -0.39 is 5.60 Å². The fourth-order valence-corrected chi connectivity index (χ4v) is 2.65. The number of ether oxygens (including phenoxy) is 1. The third kappa shape index (κ3) is 3.62. The van der Waals surface area contributed by atoms with Gasteiger partial charge in [-0.15, -0.1) is 0 Å². The quantitative estimate of drug-likeness (QED) is 0.842. The Bertz CT molecular complexity index is 571. The van der Waals surface area contributed by atoms with Crippen LogP contribution in [0.15, 0.2) is 60.7 Å². The first-order valence-corrected chi connectivity index (χ1v) is 8.21. The molecule has 1 N–H and O–H groups in total. The summed E-state index contributed by atoms with van der Waals surface area (Å²) in [6.07, 6.45) is 0.873. The van der Waals surface area contributed by atoms with Crippen molar-refractivity contribution in [2.75, 3.05) is 6.61 Å². The molecule has 2 aromatic rings. The van der Waals surface area contributed by atoms with E-state index in [-0.39, 0.29) is 11.9 Å². The summed E-state index contributed by atoms with van der Waals surface area (Å²) < 4.78 is 6.10. The van der Waals surface area contributed by atoms with Crippen molar-refractivity contribution < 1.29 is 9.53 Å². The van der Waals surface area contributed by atoms with Crippen LogP contribution in [0.1, 0.15) is 38.3 Å². The van der Waals surface area contributed by atoms with Crippen molar-refractivity contribution >= 4 is 5.91 Å². The molecule has 0 fully saturated rings. The van der Waals surface area contributed by atoms with E-state index in [0.29, 0.717) is 6.61 Å². The van der Waals surface area contributed by atoms with Gasteiger partial charge in [-0.2, -0.15) is 0 Å². The van der Waals surface area contributed by atoms with E-state index in [9.17, 15) is 4.79 Å². The third-order valence-electron chi connectivity index (χ3n) is 4.03. The number of rotatable bonds is 7. The monoisotopic (exact) mass is 311 g/mol. The van der Waals surface area contributed by atoms with E-state index in [1.165, 1.54) is 0 Å². The van der Waals surface area contributed by atoms with Gasteiger partial charge in [0.15, 0.2) is 5.60 Å². The van der Waals surface area contributed by atoms with Crippen LogP contribution in [0.4, 0.5) is 0 Å². The average Bonchev–Trinajstić information content (AvgIpc) is 2.61. The zero-order chi connectivity index (χ0) is 16.7. The van der Waals surface area contributed by atoms with Crippen molar-refractivity contribution in [2.45, 2.75) is 38.8 Å². The largest absolute Gasteiger partial charge is 0.356 e. The first-order valence-electron chi connectivity index (χ1n) is 8.21. The van der Waals surface area contributed by atoms with E-state index >= 15 is 0 Å². The second-order valence-electron chi connectivity index (χ2n) is 5.63. The Hall–Kier alpha value is -2.13. The second-order valence-corrected chi connectivity index (χ2v) is 5.63. The lowest BCUT2D eigenvalue weighted by Gasteiger charge is -2.34. The zero-order valence-corrected chi connectivity index (χ0v) is 14.1. The molecule has 0 spiro atoms. The smallest absolute Gasteiger partial charge is 0.261 e. The maximum absolute atomic E-state index is 13.2. The molecule has 1 atom stereocenters. The summed E-state index contributed by atoms with van der Waals surface area (Å²) in [5, 5.41) is 3.09. The highest BCUT2D eigenvalue weighted by molar-refractivity contribution is 5.90. The first kappa shape index (κ1) is 17.2. The minimum Gasteiger partial charge on any atom is -0.356 e. The van der Waals surface area contributed by atoms with Crippen LogP contribution in [0, 0.1) is 0 Å². The van der Waals surface area contributed by atoms with Gasteiger partial charge in [0.25, 0.3) is 5.91 Å². The van der Waals surface area contributed by atoms with E-state index in [2.05, 4.69) is 12.2 Å². The topological polar surface area (TPSA) is 38.3 Å². The van der Waals surface area contributed by atoms with E-state index in [1.54, 1.807) is 0 Å². The predicted octanol–water partition coefficient (Wildman–Crippen LogP) is 3.88. The van der Waals surface area contributed by atoms with Gasteiger partial charge < -0.3 is 10.1 Å². The zero-order valence-electron chi connectivity index (χ0n) is 14.1. The Kier molecular flexibility index (Phi) is 5.94. The molecule has 23 heavy (non-hydrogen) atoms. The fraction of sp³-hybridized carbons (Fsp3) is 0.350. The van der Waals surface area contributed by atoms with Crippen LogP contribution in [-0.2, 0) is 15.1 Å². The summed E-state index contributed by atoms with van der Waals surface area (Å²) in [4.78, 5) is 13.2. The summed E-state index contributed by atoms with van der Waals surface area (Å²) in [6.45, 7) is 6.41. The molecule has 0 aliphatic rings. The molecule has 2 rings (SSSR count). The molecule has 2 aromatic carbocycles. The molecule has 0 heterocycles. The van der Waals surface area contributed by atoms with E-state index in [4.69, 9.17) is 4.74 Å². The molecule has 0 aliphatic heterocycles. The third-order valence-corrected chi connectivity index (χ3v) is 4.03. The molecule has 1 unspecified atom stereocenters. The number of carbonyl (C=O) groups is 1. The van der Waals surface area contributed by atoms with Gasteiger partial charge in [0.2, 0.25) is 0 Å². The standard InChI is InChI=1S/C20H25NO2/c1-4-16(3)21-19(22)20(23-5-2,17-12-8-6-9-13-17)18-14-10-7-11-15-18/h6-16H,4-5H2,1-3H3,(H,21,22). The Morgan fingerprint density at radius 2 is 1.48 bits per heavy atom. The lowest BCUT2D eigenvalue weighted by molar-refractivity contribution is -0.143. The number of benzene rings is 2. The maximum atomic E-state index is 13.2. The lowest BCUT2D eigenvalue weighted by atomic mass is 9.84. The van der Waals surface area contributed by atoms with Crippen LogP contribution in [0.25, 0.3) is 0 Å². The molecule has 0 saturated heterocycles. The van der Waals surface area contributed by atoms with Gasteiger partial charge in [-0.05, 0) is 31.4 Å². The molecular formula is C20H25NO2. The number of hydrogen-bond acceptors (Lipinski definition) is 2. The second kappa shape index (κ2) is 7.93. The normalized spacial score (nSPS) is 12.7. The summed E-state index contributed by atoms with van der Waals surface area (Å²) in [5.74, 6) is -0.119. The van der Waals surface area contributed by atoms with Gasteiger partial charge in [-0.3, -0.25) is 4.79 Å². The fourth-order valence-electron chi connectivity index (χ4n) is 2.65. The summed E-state index contributed by atoms with van der Waals surface area (Å²) in [5.41, 5.74) is 0.559. The summed E-state index contributed by atoms with van der Waals surface area (Å²) in [7, 11) is 0. The predicted molar refractivity (Wildman–Crippen MR) is 93.2 cm³/mol. The maximum Gasteiger partial charge on any atom is 0.261 e. The highest BCUT2D eigenvalue weighted by Crippen LogP contribution is 2.34. The summed E-state index contributed by atoms with van der Waals surface area (Å²) in [6, 6.07) is 19.5. The van der Waals surface area contributed by atoms with E-state index in [0.717, 1.165) is 17.5 Å². The van der Waals surface area contributed by atoms with Crippen molar-refractivity contribution in [3.05, 3.63) is 71.8 Å². The molecule has 1 amide bonds. The van der Waals surface area contributed by atoms with Crippen LogP contribution < -0.4 is 5.32 Å². The Morgan fingerprint density at radius 3 is 1.87 bits per heavy atom. The van der Waals surface area contributed by atoms with Crippen LogP contribution >= 0.6 is 0 Å². The van der Waals surface area contributed by atoms with Crippen LogP contribution in [0.2, 0.25) is 0 Å². The van der Waals surface area contributed by atoms with Gasteiger partial charge in [0, 0.05) is 12.6 Å². The Labute approximate surface area is 138 Å². The average molecular weight is 311 g/mol. The van der Waals surface area contributed by atoms with E-state index in [1.807, 2.05) is 74.5 Å². The highest BCUT2D eigenvalue weighted by atomic mass is 16.5. The molecule has 0 saturated carbocycles. The number of nitrogens with one attached hydrogen (secondary N) is 1. The first-order chi connectivity index (χ1) is 11.1. The molecule has 0 aliphatic carbocycles. The molecule has 0 aromatic heterocycles. The summed E-state index contributed by atoms with van der Waals surface area (Å²) >= 11 is 0. The molecule has 3 nitrogen and oxygen atoms in total. The minimum atomic E-state index is -1.12. The van der Waals surface area contributed by atoms with Gasteiger partial charge in [0.05, 0.1) is 0 Å². The molecule has 122 valence electrons. The highest BCUT2D eigenvalue weighted by Gasteiger charge is 2.43. The van der Waals surface area contributed by atoms with Gasteiger partial charge in [-0.1, -0.05) is 67.6 Å². The number of hydrogen-bond donors (Lipinski definition) is 1. The Morgan fingerprint density at radius 1 is 1.00 bits per heavy atom. The SMILES string of the molecule is CCOC(C(=O)NC(C)CC)(c1ccccc1)c1ccccc1.